The van der Waals surface area contributed by atoms with E-state index in [1.165, 1.54) is 48.0 Å². The van der Waals surface area contributed by atoms with Crippen LogP contribution in [0.4, 0.5) is 0 Å². The van der Waals surface area contributed by atoms with Crippen LogP contribution >= 0.6 is 15.9 Å². The van der Waals surface area contributed by atoms with E-state index in [9.17, 15) is 0 Å². The quantitative estimate of drug-likeness (QED) is 0.788. The van der Waals surface area contributed by atoms with Crippen molar-refractivity contribution in [3.05, 3.63) is 15.9 Å². The van der Waals surface area contributed by atoms with Crippen LogP contribution in [-0.4, -0.2) is 22.9 Å². The standard InChI is InChI=1S/C17H30BrN3/c1-5-13-16(18)14(21(7-3)20-13)12-15(19-4)17(6-2)10-8-9-11-17/h15,19H,5-12H2,1-4H3. The molecule has 21 heavy (non-hydrogen) atoms. The van der Waals surface area contributed by atoms with E-state index in [0.717, 1.165) is 19.4 Å². The molecule has 0 radical (unpaired) electrons. The summed E-state index contributed by atoms with van der Waals surface area (Å²) in [5.41, 5.74) is 3.04. The van der Waals surface area contributed by atoms with Crippen molar-refractivity contribution in [2.24, 2.45) is 5.41 Å². The van der Waals surface area contributed by atoms with Gasteiger partial charge in [-0.05, 0) is 61.0 Å². The van der Waals surface area contributed by atoms with Gasteiger partial charge in [0.25, 0.3) is 0 Å². The molecule has 1 aliphatic rings. The van der Waals surface area contributed by atoms with Gasteiger partial charge in [0, 0.05) is 19.0 Å². The van der Waals surface area contributed by atoms with Crippen LogP contribution < -0.4 is 5.32 Å². The first-order valence-electron chi connectivity index (χ1n) is 8.53. The normalized spacial score (nSPS) is 19.1. The summed E-state index contributed by atoms with van der Waals surface area (Å²) in [4.78, 5) is 0. The van der Waals surface area contributed by atoms with Crippen LogP contribution in [0.3, 0.4) is 0 Å². The second kappa shape index (κ2) is 7.28. The molecule has 0 bridgehead atoms. The van der Waals surface area contributed by atoms with Gasteiger partial charge in [0.15, 0.2) is 0 Å². The molecule has 1 aromatic rings. The van der Waals surface area contributed by atoms with Crippen molar-refractivity contribution in [2.75, 3.05) is 7.05 Å². The molecule has 1 unspecified atom stereocenters. The minimum Gasteiger partial charge on any atom is -0.316 e. The average Bonchev–Trinajstić information content (AvgIpc) is 3.10. The molecule has 120 valence electrons. The maximum absolute atomic E-state index is 4.75. The second-order valence-electron chi connectivity index (χ2n) is 6.35. The summed E-state index contributed by atoms with van der Waals surface area (Å²) in [6, 6.07) is 0.549. The van der Waals surface area contributed by atoms with E-state index in [4.69, 9.17) is 5.10 Å². The minimum absolute atomic E-state index is 0.476. The van der Waals surface area contributed by atoms with Gasteiger partial charge in [-0.25, -0.2) is 0 Å². The molecule has 1 saturated carbocycles. The number of hydrogen-bond acceptors (Lipinski definition) is 2. The molecule has 1 aliphatic carbocycles. The third-order valence-corrected chi connectivity index (χ3v) is 6.40. The number of nitrogens with one attached hydrogen (secondary N) is 1. The summed E-state index contributed by atoms with van der Waals surface area (Å²) in [6.45, 7) is 7.67. The van der Waals surface area contributed by atoms with Crippen molar-refractivity contribution in [3.63, 3.8) is 0 Å². The van der Waals surface area contributed by atoms with Crippen LogP contribution in [0, 0.1) is 5.41 Å². The Balaban J connectivity index is 2.28. The molecular weight excluding hydrogens is 326 g/mol. The Hall–Kier alpha value is -0.350. The van der Waals surface area contributed by atoms with E-state index in [1.54, 1.807) is 0 Å². The van der Waals surface area contributed by atoms with E-state index in [2.05, 4.69) is 53.7 Å². The zero-order chi connectivity index (χ0) is 15.5. The van der Waals surface area contributed by atoms with Gasteiger partial charge in [0.1, 0.15) is 0 Å². The number of likely N-dealkylation sites (N-methyl/N-ethyl adjacent to an activating group) is 1. The van der Waals surface area contributed by atoms with E-state index >= 15 is 0 Å². The fraction of sp³-hybridized carbons (Fsp3) is 0.824. The molecule has 0 aromatic carbocycles. The topological polar surface area (TPSA) is 29.9 Å². The predicted octanol–water partition coefficient (Wildman–Crippen LogP) is 4.33. The summed E-state index contributed by atoms with van der Waals surface area (Å²) in [7, 11) is 2.13. The monoisotopic (exact) mass is 355 g/mol. The SMILES string of the molecule is CCc1nn(CC)c(CC(NC)C2(CC)CCCC2)c1Br. The van der Waals surface area contributed by atoms with Crippen LogP contribution in [0.2, 0.25) is 0 Å². The molecule has 2 rings (SSSR count). The van der Waals surface area contributed by atoms with Crippen molar-refractivity contribution in [3.8, 4) is 0 Å². The Morgan fingerprint density at radius 2 is 1.95 bits per heavy atom. The summed E-state index contributed by atoms with van der Waals surface area (Å²) in [5, 5.41) is 8.38. The zero-order valence-corrected chi connectivity index (χ0v) is 15.6. The molecular formula is C17H30BrN3. The van der Waals surface area contributed by atoms with Crippen LogP contribution in [-0.2, 0) is 19.4 Å². The van der Waals surface area contributed by atoms with Crippen molar-refractivity contribution in [1.29, 1.82) is 0 Å². The highest BCUT2D eigenvalue weighted by Gasteiger charge is 2.39. The molecule has 0 amide bonds. The van der Waals surface area contributed by atoms with Gasteiger partial charge in [-0.2, -0.15) is 5.10 Å². The molecule has 1 heterocycles. The highest BCUT2D eigenvalue weighted by Crippen LogP contribution is 2.45. The summed E-state index contributed by atoms with van der Waals surface area (Å²) >= 11 is 3.80. The van der Waals surface area contributed by atoms with Crippen molar-refractivity contribution >= 4 is 15.9 Å². The lowest BCUT2D eigenvalue weighted by Gasteiger charge is -2.37. The number of halogens is 1. The van der Waals surface area contributed by atoms with Crippen molar-refractivity contribution < 1.29 is 0 Å². The molecule has 1 fully saturated rings. The van der Waals surface area contributed by atoms with Crippen LogP contribution in [0.15, 0.2) is 4.47 Å². The first-order chi connectivity index (χ1) is 10.1. The second-order valence-corrected chi connectivity index (χ2v) is 7.14. The lowest BCUT2D eigenvalue weighted by molar-refractivity contribution is 0.190. The average molecular weight is 356 g/mol. The highest BCUT2D eigenvalue weighted by molar-refractivity contribution is 9.10. The number of hydrogen-bond donors (Lipinski definition) is 1. The molecule has 1 aromatic heterocycles. The van der Waals surface area contributed by atoms with Gasteiger partial charge in [0.2, 0.25) is 0 Å². The summed E-state index contributed by atoms with van der Waals surface area (Å²) in [5.74, 6) is 0. The number of aromatic nitrogens is 2. The van der Waals surface area contributed by atoms with E-state index in [-0.39, 0.29) is 0 Å². The molecule has 1 atom stereocenters. The lowest BCUT2D eigenvalue weighted by atomic mass is 9.74. The number of aryl methyl sites for hydroxylation is 2. The van der Waals surface area contributed by atoms with E-state index in [0.29, 0.717) is 11.5 Å². The van der Waals surface area contributed by atoms with Gasteiger partial charge >= 0.3 is 0 Å². The summed E-state index contributed by atoms with van der Waals surface area (Å²) < 4.78 is 3.42. The van der Waals surface area contributed by atoms with Gasteiger partial charge in [0.05, 0.1) is 15.9 Å². The zero-order valence-electron chi connectivity index (χ0n) is 14.0. The predicted molar refractivity (Wildman–Crippen MR) is 92.7 cm³/mol. The highest BCUT2D eigenvalue weighted by atomic mass is 79.9. The van der Waals surface area contributed by atoms with Gasteiger partial charge in [-0.3, -0.25) is 4.68 Å². The van der Waals surface area contributed by atoms with Crippen LogP contribution in [0.25, 0.3) is 0 Å². The third-order valence-electron chi connectivity index (χ3n) is 5.48. The first kappa shape index (κ1) is 17.0. The van der Waals surface area contributed by atoms with Gasteiger partial charge in [-0.15, -0.1) is 0 Å². The first-order valence-corrected chi connectivity index (χ1v) is 9.32. The Morgan fingerprint density at radius 1 is 1.29 bits per heavy atom. The number of rotatable bonds is 7. The van der Waals surface area contributed by atoms with Crippen LogP contribution in [0.1, 0.15) is 64.3 Å². The van der Waals surface area contributed by atoms with Crippen LogP contribution in [0.5, 0.6) is 0 Å². The van der Waals surface area contributed by atoms with E-state index in [1.807, 2.05) is 0 Å². The Labute approximate surface area is 138 Å². The Morgan fingerprint density at radius 3 is 2.43 bits per heavy atom. The fourth-order valence-corrected chi connectivity index (χ4v) is 4.78. The van der Waals surface area contributed by atoms with Gasteiger partial charge < -0.3 is 5.32 Å². The molecule has 0 aliphatic heterocycles. The van der Waals surface area contributed by atoms with Gasteiger partial charge in [-0.1, -0.05) is 26.7 Å². The smallest absolute Gasteiger partial charge is 0.0766 e. The number of nitrogens with zero attached hydrogens (tertiary/aromatic N) is 2. The van der Waals surface area contributed by atoms with Crippen molar-refractivity contribution in [2.45, 2.75) is 78.3 Å². The van der Waals surface area contributed by atoms with E-state index < -0.39 is 0 Å². The Bertz CT molecular complexity index is 461. The molecule has 0 saturated heterocycles. The molecule has 0 spiro atoms. The largest absolute Gasteiger partial charge is 0.316 e. The maximum Gasteiger partial charge on any atom is 0.0766 e. The minimum atomic E-state index is 0.476. The third kappa shape index (κ3) is 3.21. The Kier molecular flexibility index (Phi) is 5.89. The molecule has 3 nitrogen and oxygen atoms in total. The lowest BCUT2D eigenvalue weighted by Crippen LogP contribution is -2.44. The molecule has 1 N–H and O–H groups in total. The molecule has 4 heteroatoms. The summed E-state index contributed by atoms with van der Waals surface area (Å²) in [6.07, 6.45) is 8.86. The maximum atomic E-state index is 4.75. The fourth-order valence-electron chi connectivity index (χ4n) is 4.06. The van der Waals surface area contributed by atoms with Crippen molar-refractivity contribution in [1.82, 2.24) is 15.1 Å².